The smallest absolute Gasteiger partial charge is 0.0177 e. The van der Waals surface area contributed by atoms with E-state index in [0.29, 0.717) is 0 Å². The quantitative estimate of drug-likeness (QED) is 0.546. The standard InChI is InChI=1S/C18H16/c1-13-9-14(2)11-18(10-13)17-8-7-15-5-3-4-6-16(15)12-17/h3-12H,1-2H3. The first kappa shape index (κ1) is 11.0. The minimum absolute atomic E-state index is 1.29. The van der Waals surface area contributed by atoms with E-state index in [-0.39, 0.29) is 0 Å². The zero-order valence-corrected chi connectivity index (χ0v) is 10.8. The van der Waals surface area contributed by atoms with Crippen molar-refractivity contribution in [2.45, 2.75) is 13.8 Å². The second-order valence-electron chi connectivity index (χ2n) is 4.94. The zero-order chi connectivity index (χ0) is 12.5. The molecule has 0 aromatic heterocycles. The van der Waals surface area contributed by atoms with Gasteiger partial charge in [0.25, 0.3) is 0 Å². The van der Waals surface area contributed by atoms with Crippen LogP contribution in [0.25, 0.3) is 21.9 Å². The van der Waals surface area contributed by atoms with Crippen LogP contribution in [0.4, 0.5) is 0 Å². The van der Waals surface area contributed by atoms with Crippen molar-refractivity contribution in [2.75, 3.05) is 0 Å². The number of fused-ring (bicyclic) bond motifs is 1. The minimum Gasteiger partial charge on any atom is -0.0616 e. The van der Waals surface area contributed by atoms with Gasteiger partial charge >= 0.3 is 0 Å². The van der Waals surface area contributed by atoms with Crippen molar-refractivity contribution >= 4 is 10.8 Å². The van der Waals surface area contributed by atoms with Crippen molar-refractivity contribution in [3.8, 4) is 11.1 Å². The molecule has 3 rings (SSSR count). The molecule has 88 valence electrons. The van der Waals surface area contributed by atoms with Crippen LogP contribution in [0.2, 0.25) is 0 Å². The summed E-state index contributed by atoms with van der Waals surface area (Å²) in [5.41, 5.74) is 5.23. The maximum Gasteiger partial charge on any atom is -0.0177 e. The highest BCUT2D eigenvalue weighted by Crippen LogP contribution is 2.26. The van der Waals surface area contributed by atoms with E-state index in [9.17, 15) is 0 Å². The Bertz CT molecular complexity index is 688. The van der Waals surface area contributed by atoms with Gasteiger partial charge in [-0.05, 0) is 41.8 Å². The van der Waals surface area contributed by atoms with Gasteiger partial charge < -0.3 is 0 Å². The van der Waals surface area contributed by atoms with Crippen LogP contribution in [0.1, 0.15) is 11.1 Å². The second kappa shape index (κ2) is 4.30. The molecule has 0 bridgehead atoms. The topological polar surface area (TPSA) is 0 Å². The fraction of sp³-hybridized carbons (Fsp3) is 0.111. The van der Waals surface area contributed by atoms with E-state index in [2.05, 4.69) is 74.5 Å². The molecule has 0 N–H and O–H groups in total. The first-order chi connectivity index (χ1) is 8.72. The summed E-state index contributed by atoms with van der Waals surface area (Å²) in [4.78, 5) is 0. The second-order valence-corrected chi connectivity index (χ2v) is 4.94. The molecule has 18 heavy (non-hydrogen) atoms. The van der Waals surface area contributed by atoms with E-state index in [0.717, 1.165) is 0 Å². The lowest BCUT2D eigenvalue weighted by Crippen LogP contribution is -1.83. The highest BCUT2D eigenvalue weighted by atomic mass is 14.1. The summed E-state index contributed by atoms with van der Waals surface area (Å²) in [5.74, 6) is 0. The third kappa shape index (κ3) is 2.02. The number of hydrogen-bond acceptors (Lipinski definition) is 0. The Morgan fingerprint density at radius 3 is 1.94 bits per heavy atom. The summed E-state index contributed by atoms with van der Waals surface area (Å²) >= 11 is 0. The van der Waals surface area contributed by atoms with Gasteiger partial charge in [-0.15, -0.1) is 0 Å². The average molecular weight is 232 g/mol. The van der Waals surface area contributed by atoms with E-state index in [4.69, 9.17) is 0 Å². The van der Waals surface area contributed by atoms with E-state index in [1.807, 2.05) is 0 Å². The third-order valence-corrected chi connectivity index (χ3v) is 3.30. The highest BCUT2D eigenvalue weighted by Gasteiger charge is 2.01. The molecule has 0 spiro atoms. The predicted molar refractivity (Wildman–Crippen MR) is 78.9 cm³/mol. The summed E-state index contributed by atoms with van der Waals surface area (Å²) in [5, 5.41) is 2.60. The molecule has 0 saturated heterocycles. The lowest BCUT2D eigenvalue weighted by Gasteiger charge is -2.07. The molecule has 0 aliphatic rings. The first-order valence-electron chi connectivity index (χ1n) is 6.30. The van der Waals surface area contributed by atoms with Gasteiger partial charge in [-0.2, -0.15) is 0 Å². The third-order valence-electron chi connectivity index (χ3n) is 3.30. The Kier molecular flexibility index (Phi) is 2.64. The van der Waals surface area contributed by atoms with Gasteiger partial charge in [0.15, 0.2) is 0 Å². The lowest BCUT2D eigenvalue weighted by molar-refractivity contribution is 1.38. The molecule has 0 heterocycles. The number of benzene rings is 3. The molecule has 0 aliphatic heterocycles. The fourth-order valence-corrected chi connectivity index (χ4v) is 2.51. The van der Waals surface area contributed by atoms with E-state index in [1.165, 1.54) is 33.0 Å². The van der Waals surface area contributed by atoms with E-state index in [1.54, 1.807) is 0 Å². The molecule has 0 unspecified atom stereocenters. The van der Waals surface area contributed by atoms with Crippen molar-refractivity contribution < 1.29 is 0 Å². The lowest BCUT2D eigenvalue weighted by atomic mass is 9.98. The van der Waals surface area contributed by atoms with Crippen molar-refractivity contribution in [3.05, 3.63) is 71.8 Å². The Labute approximate surface area is 108 Å². The van der Waals surface area contributed by atoms with Crippen LogP contribution in [0, 0.1) is 13.8 Å². The van der Waals surface area contributed by atoms with Crippen molar-refractivity contribution in [3.63, 3.8) is 0 Å². The van der Waals surface area contributed by atoms with Crippen LogP contribution in [0.5, 0.6) is 0 Å². The number of aryl methyl sites for hydroxylation is 2. The molecule has 0 nitrogen and oxygen atoms in total. The molecule has 0 amide bonds. The van der Waals surface area contributed by atoms with Crippen LogP contribution in [-0.2, 0) is 0 Å². The summed E-state index contributed by atoms with van der Waals surface area (Å²) in [6.07, 6.45) is 0. The molecule has 0 atom stereocenters. The monoisotopic (exact) mass is 232 g/mol. The molecular formula is C18H16. The predicted octanol–water partition coefficient (Wildman–Crippen LogP) is 5.12. The van der Waals surface area contributed by atoms with Crippen LogP contribution in [0.15, 0.2) is 60.7 Å². The van der Waals surface area contributed by atoms with Crippen molar-refractivity contribution in [1.82, 2.24) is 0 Å². The van der Waals surface area contributed by atoms with E-state index < -0.39 is 0 Å². The van der Waals surface area contributed by atoms with Gasteiger partial charge in [-0.3, -0.25) is 0 Å². The van der Waals surface area contributed by atoms with Gasteiger partial charge in [0.05, 0.1) is 0 Å². The van der Waals surface area contributed by atoms with Gasteiger partial charge in [-0.25, -0.2) is 0 Å². The van der Waals surface area contributed by atoms with Gasteiger partial charge in [0.2, 0.25) is 0 Å². The Morgan fingerprint density at radius 2 is 1.22 bits per heavy atom. The minimum atomic E-state index is 1.29. The van der Waals surface area contributed by atoms with Crippen LogP contribution >= 0.6 is 0 Å². The number of rotatable bonds is 1. The molecule has 3 aromatic carbocycles. The van der Waals surface area contributed by atoms with Crippen LogP contribution in [0.3, 0.4) is 0 Å². The molecule has 0 radical (unpaired) electrons. The molecular weight excluding hydrogens is 216 g/mol. The van der Waals surface area contributed by atoms with Crippen LogP contribution in [-0.4, -0.2) is 0 Å². The Morgan fingerprint density at radius 1 is 0.556 bits per heavy atom. The maximum atomic E-state index is 2.27. The van der Waals surface area contributed by atoms with Crippen LogP contribution < -0.4 is 0 Å². The largest absolute Gasteiger partial charge is 0.0616 e. The maximum absolute atomic E-state index is 2.27. The normalized spacial score (nSPS) is 10.8. The summed E-state index contributed by atoms with van der Waals surface area (Å²) < 4.78 is 0. The van der Waals surface area contributed by atoms with Crippen molar-refractivity contribution in [1.29, 1.82) is 0 Å². The molecule has 0 saturated carbocycles. The fourth-order valence-electron chi connectivity index (χ4n) is 2.51. The Hall–Kier alpha value is -2.08. The first-order valence-corrected chi connectivity index (χ1v) is 6.30. The van der Waals surface area contributed by atoms with Gasteiger partial charge in [0, 0.05) is 0 Å². The number of hydrogen-bond donors (Lipinski definition) is 0. The zero-order valence-electron chi connectivity index (χ0n) is 10.8. The average Bonchev–Trinajstić information content (AvgIpc) is 2.37. The highest BCUT2D eigenvalue weighted by molar-refractivity contribution is 5.87. The molecule has 0 fully saturated rings. The van der Waals surface area contributed by atoms with Gasteiger partial charge in [-0.1, -0.05) is 65.7 Å². The molecule has 3 aromatic rings. The molecule has 0 aliphatic carbocycles. The summed E-state index contributed by atoms with van der Waals surface area (Å²) in [6.45, 7) is 4.30. The van der Waals surface area contributed by atoms with E-state index >= 15 is 0 Å². The summed E-state index contributed by atoms with van der Waals surface area (Å²) in [6, 6.07) is 21.9. The van der Waals surface area contributed by atoms with Gasteiger partial charge in [0.1, 0.15) is 0 Å². The molecule has 0 heteroatoms. The Balaban J connectivity index is 2.19. The SMILES string of the molecule is Cc1cc(C)cc(-c2ccc3ccccc3c2)c1. The van der Waals surface area contributed by atoms with Crippen molar-refractivity contribution in [2.24, 2.45) is 0 Å². The summed E-state index contributed by atoms with van der Waals surface area (Å²) in [7, 11) is 0.